The Labute approximate surface area is 163 Å². The lowest BCUT2D eigenvalue weighted by atomic mass is 10.0. The van der Waals surface area contributed by atoms with Crippen LogP contribution in [0.4, 0.5) is 4.39 Å². The molecule has 0 spiro atoms. The van der Waals surface area contributed by atoms with Crippen LogP contribution < -0.4 is 10.6 Å². The van der Waals surface area contributed by atoms with Crippen LogP contribution in [0.3, 0.4) is 0 Å². The van der Waals surface area contributed by atoms with Crippen molar-refractivity contribution < 1.29 is 9.18 Å². The molecule has 1 amide bonds. The van der Waals surface area contributed by atoms with Crippen molar-refractivity contribution in [3.05, 3.63) is 82.4 Å². The number of hydrogen-bond donors (Lipinski definition) is 2. The zero-order valence-corrected chi connectivity index (χ0v) is 16.0. The van der Waals surface area contributed by atoms with E-state index in [9.17, 15) is 9.18 Å². The fourth-order valence-electron chi connectivity index (χ4n) is 3.61. The minimum atomic E-state index is -0.301. The predicted molar refractivity (Wildman–Crippen MR) is 106 cm³/mol. The van der Waals surface area contributed by atoms with Crippen LogP contribution in [0.5, 0.6) is 0 Å². The summed E-state index contributed by atoms with van der Waals surface area (Å²) in [5, 5.41) is 10.7. The summed E-state index contributed by atoms with van der Waals surface area (Å²) >= 11 is 0. The number of nitrogens with one attached hydrogen (secondary N) is 2. The number of fused-ring (bicyclic) bond motifs is 1. The van der Waals surface area contributed by atoms with Crippen LogP contribution in [0.2, 0.25) is 0 Å². The van der Waals surface area contributed by atoms with E-state index < -0.39 is 0 Å². The van der Waals surface area contributed by atoms with Crippen molar-refractivity contribution in [3.8, 4) is 5.69 Å². The Morgan fingerprint density at radius 3 is 2.68 bits per heavy atom. The maximum absolute atomic E-state index is 13.2. The number of halogens is 1. The normalized spacial score (nSPS) is 13.0. The Hall–Kier alpha value is -2.99. The van der Waals surface area contributed by atoms with Gasteiger partial charge < -0.3 is 10.6 Å². The number of nitrogens with zero attached hydrogens (tertiary/aromatic N) is 2. The average Bonchev–Trinajstić information content (AvgIpc) is 3.33. The van der Waals surface area contributed by atoms with Gasteiger partial charge in [-0.2, -0.15) is 5.10 Å². The molecule has 2 aromatic carbocycles. The van der Waals surface area contributed by atoms with Crippen molar-refractivity contribution >= 4 is 5.91 Å². The van der Waals surface area contributed by atoms with E-state index in [1.807, 2.05) is 13.8 Å². The highest BCUT2D eigenvalue weighted by Gasteiger charge is 2.21. The number of amides is 1. The summed E-state index contributed by atoms with van der Waals surface area (Å²) in [4.78, 5) is 12.8. The van der Waals surface area contributed by atoms with Gasteiger partial charge in [-0.05, 0) is 46.9 Å². The molecule has 2 N–H and O–H groups in total. The van der Waals surface area contributed by atoms with Gasteiger partial charge in [0.1, 0.15) is 5.82 Å². The second-order valence-electron chi connectivity index (χ2n) is 7.38. The standard InChI is InChI=1S/C22H23FN4O/c1-14(2)21-20(13-26-27(21)19-7-5-18(23)6-8-19)22(28)25-10-15-3-4-16-11-24-12-17(16)9-15/h3-9,13-14,24H,10-12H2,1-2H3,(H,25,28). The molecule has 2 heterocycles. The highest BCUT2D eigenvalue weighted by molar-refractivity contribution is 5.95. The van der Waals surface area contributed by atoms with Crippen LogP contribution >= 0.6 is 0 Å². The smallest absolute Gasteiger partial charge is 0.255 e. The molecule has 0 fully saturated rings. The number of carbonyl (C=O) groups excluding carboxylic acids is 1. The van der Waals surface area contributed by atoms with E-state index in [1.54, 1.807) is 23.0 Å². The minimum Gasteiger partial charge on any atom is -0.348 e. The molecule has 0 saturated heterocycles. The second-order valence-corrected chi connectivity index (χ2v) is 7.38. The molecule has 0 aliphatic carbocycles. The number of hydrogen-bond acceptors (Lipinski definition) is 3. The van der Waals surface area contributed by atoms with Crippen molar-refractivity contribution in [1.82, 2.24) is 20.4 Å². The maximum atomic E-state index is 13.2. The minimum absolute atomic E-state index is 0.0828. The van der Waals surface area contributed by atoms with Gasteiger partial charge in [0.25, 0.3) is 5.91 Å². The van der Waals surface area contributed by atoms with Crippen LogP contribution in [-0.2, 0) is 19.6 Å². The largest absolute Gasteiger partial charge is 0.348 e. The number of carbonyl (C=O) groups is 1. The van der Waals surface area contributed by atoms with Crippen LogP contribution in [0.1, 0.15) is 52.5 Å². The SMILES string of the molecule is CC(C)c1c(C(=O)NCc2ccc3c(c2)CNC3)cnn1-c1ccc(F)cc1. The first-order valence-electron chi connectivity index (χ1n) is 9.46. The Morgan fingerprint density at radius 2 is 1.93 bits per heavy atom. The van der Waals surface area contributed by atoms with Crippen molar-refractivity contribution in [2.45, 2.75) is 39.4 Å². The van der Waals surface area contributed by atoms with Gasteiger partial charge >= 0.3 is 0 Å². The molecule has 28 heavy (non-hydrogen) atoms. The third-order valence-electron chi connectivity index (χ3n) is 5.02. The van der Waals surface area contributed by atoms with E-state index in [0.29, 0.717) is 12.1 Å². The molecule has 5 nitrogen and oxygen atoms in total. The molecule has 3 aromatic rings. The third kappa shape index (κ3) is 3.55. The predicted octanol–water partition coefficient (Wildman–Crippen LogP) is 3.67. The van der Waals surface area contributed by atoms with E-state index in [4.69, 9.17) is 0 Å². The van der Waals surface area contributed by atoms with Gasteiger partial charge in [-0.3, -0.25) is 4.79 Å². The molecule has 0 atom stereocenters. The van der Waals surface area contributed by atoms with Crippen LogP contribution in [0.15, 0.2) is 48.7 Å². The fraction of sp³-hybridized carbons (Fsp3) is 0.273. The lowest BCUT2D eigenvalue weighted by Gasteiger charge is -2.13. The summed E-state index contributed by atoms with van der Waals surface area (Å²) in [7, 11) is 0. The molecule has 144 valence electrons. The lowest BCUT2D eigenvalue weighted by Crippen LogP contribution is -2.24. The molecule has 0 unspecified atom stereocenters. The Kier molecular flexibility index (Phi) is 4.96. The van der Waals surface area contributed by atoms with E-state index >= 15 is 0 Å². The molecule has 1 aliphatic rings. The van der Waals surface area contributed by atoms with E-state index in [2.05, 4.69) is 33.9 Å². The molecule has 0 saturated carbocycles. The van der Waals surface area contributed by atoms with Crippen molar-refractivity contribution in [1.29, 1.82) is 0 Å². The molecule has 1 aromatic heterocycles. The van der Waals surface area contributed by atoms with E-state index in [0.717, 1.165) is 30.0 Å². The highest BCUT2D eigenvalue weighted by Crippen LogP contribution is 2.23. The molecule has 0 radical (unpaired) electrons. The Morgan fingerprint density at radius 1 is 1.18 bits per heavy atom. The Balaban J connectivity index is 1.55. The monoisotopic (exact) mass is 378 g/mol. The first kappa shape index (κ1) is 18.4. The lowest BCUT2D eigenvalue weighted by molar-refractivity contribution is 0.0949. The van der Waals surface area contributed by atoms with Crippen molar-refractivity contribution in [2.24, 2.45) is 0 Å². The summed E-state index contributed by atoms with van der Waals surface area (Å²) in [6, 6.07) is 12.4. The molecular weight excluding hydrogens is 355 g/mol. The van der Waals surface area contributed by atoms with E-state index in [1.165, 1.54) is 23.3 Å². The van der Waals surface area contributed by atoms with Gasteiger partial charge in [-0.15, -0.1) is 0 Å². The molecule has 0 bridgehead atoms. The maximum Gasteiger partial charge on any atom is 0.255 e. The number of aromatic nitrogens is 2. The fourth-order valence-corrected chi connectivity index (χ4v) is 3.61. The third-order valence-corrected chi connectivity index (χ3v) is 5.02. The zero-order chi connectivity index (χ0) is 19.7. The summed E-state index contributed by atoms with van der Waals surface area (Å²) in [5.41, 5.74) is 5.77. The van der Waals surface area contributed by atoms with Gasteiger partial charge in [-0.1, -0.05) is 32.0 Å². The number of benzene rings is 2. The average molecular weight is 378 g/mol. The van der Waals surface area contributed by atoms with Gasteiger partial charge in [0.2, 0.25) is 0 Å². The van der Waals surface area contributed by atoms with Crippen molar-refractivity contribution in [3.63, 3.8) is 0 Å². The summed E-state index contributed by atoms with van der Waals surface area (Å²) < 4.78 is 15.0. The van der Waals surface area contributed by atoms with Gasteiger partial charge in [-0.25, -0.2) is 9.07 Å². The summed E-state index contributed by atoms with van der Waals surface area (Å²) in [6.07, 6.45) is 1.58. The number of rotatable bonds is 5. The molecule has 1 aliphatic heterocycles. The van der Waals surface area contributed by atoms with Crippen LogP contribution in [0.25, 0.3) is 5.69 Å². The molecule has 6 heteroatoms. The van der Waals surface area contributed by atoms with Gasteiger partial charge in [0.05, 0.1) is 23.1 Å². The highest BCUT2D eigenvalue weighted by atomic mass is 19.1. The van der Waals surface area contributed by atoms with Crippen LogP contribution in [-0.4, -0.2) is 15.7 Å². The van der Waals surface area contributed by atoms with E-state index in [-0.39, 0.29) is 17.6 Å². The summed E-state index contributed by atoms with van der Waals surface area (Å²) in [5.74, 6) is -0.375. The quantitative estimate of drug-likeness (QED) is 0.712. The topological polar surface area (TPSA) is 59.0 Å². The van der Waals surface area contributed by atoms with Gasteiger partial charge in [0.15, 0.2) is 0 Å². The second kappa shape index (κ2) is 7.56. The molecular formula is C22H23FN4O. The first-order chi connectivity index (χ1) is 13.5. The van der Waals surface area contributed by atoms with Crippen molar-refractivity contribution in [2.75, 3.05) is 0 Å². The van der Waals surface area contributed by atoms with Crippen LogP contribution in [0, 0.1) is 5.82 Å². The van der Waals surface area contributed by atoms with Gasteiger partial charge in [0, 0.05) is 19.6 Å². The molecule has 4 rings (SSSR count). The Bertz CT molecular complexity index is 1010. The first-order valence-corrected chi connectivity index (χ1v) is 9.46. The zero-order valence-electron chi connectivity index (χ0n) is 16.0. The summed E-state index contributed by atoms with van der Waals surface area (Å²) in [6.45, 7) is 6.27.